The predicted octanol–water partition coefficient (Wildman–Crippen LogP) is 2.93. The lowest BCUT2D eigenvalue weighted by Crippen LogP contribution is -2.49. The highest BCUT2D eigenvalue weighted by Gasteiger charge is 2.22. The number of nitriles is 1. The van der Waals surface area contributed by atoms with Crippen LogP contribution in [0.3, 0.4) is 0 Å². The van der Waals surface area contributed by atoms with Gasteiger partial charge in [0.05, 0.1) is 11.6 Å². The third-order valence-corrected chi connectivity index (χ3v) is 5.67. The van der Waals surface area contributed by atoms with E-state index in [2.05, 4.69) is 39.7 Å². The summed E-state index contributed by atoms with van der Waals surface area (Å²) in [5.74, 6) is 0.0474. The average molecular weight is 387 g/mol. The van der Waals surface area contributed by atoms with E-state index in [0.717, 1.165) is 51.3 Å². The van der Waals surface area contributed by atoms with Gasteiger partial charge in [-0.05, 0) is 55.3 Å². The SMILES string of the molecule is CCn1cc(CCN2CCN(C(=O)c3ccc(C#N)cc3)CC2)c2cccnc21. The lowest BCUT2D eigenvalue weighted by molar-refractivity contribution is 0.0638. The molecular weight excluding hydrogens is 362 g/mol. The van der Waals surface area contributed by atoms with E-state index in [-0.39, 0.29) is 5.91 Å². The molecule has 0 spiro atoms. The first-order chi connectivity index (χ1) is 14.2. The van der Waals surface area contributed by atoms with Gasteiger partial charge in [0, 0.05) is 62.6 Å². The Hall–Kier alpha value is -3.17. The van der Waals surface area contributed by atoms with Crippen molar-refractivity contribution in [2.45, 2.75) is 19.9 Å². The predicted molar refractivity (Wildman–Crippen MR) is 113 cm³/mol. The van der Waals surface area contributed by atoms with Crippen LogP contribution >= 0.6 is 0 Å². The number of aryl methyl sites for hydroxylation is 1. The van der Waals surface area contributed by atoms with Crippen LogP contribution in [0.2, 0.25) is 0 Å². The lowest BCUT2D eigenvalue weighted by atomic mass is 10.1. The van der Waals surface area contributed by atoms with Crippen LogP contribution in [0.4, 0.5) is 0 Å². The van der Waals surface area contributed by atoms with E-state index in [9.17, 15) is 4.79 Å². The minimum Gasteiger partial charge on any atom is -0.336 e. The van der Waals surface area contributed by atoms with Gasteiger partial charge >= 0.3 is 0 Å². The second-order valence-corrected chi connectivity index (χ2v) is 7.39. The molecule has 1 aliphatic heterocycles. The number of carbonyl (C=O) groups is 1. The molecule has 148 valence electrons. The maximum Gasteiger partial charge on any atom is 0.253 e. The van der Waals surface area contributed by atoms with E-state index in [1.165, 1.54) is 10.9 Å². The average Bonchev–Trinajstić information content (AvgIpc) is 3.15. The van der Waals surface area contributed by atoms with Crippen LogP contribution in [0.25, 0.3) is 11.0 Å². The van der Waals surface area contributed by atoms with Gasteiger partial charge in [-0.25, -0.2) is 4.98 Å². The Kier molecular flexibility index (Phi) is 5.59. The topological polar surface area (TPSA) is 65.2 Å². The molecule has 3 heterocycles. The Labute approximate surface area is 171 Å². The van der Waals surface area contributed by atoms with Crippen molar-refractivity contribution >= 4 is 16.9 Å². The van der Waals surface area contributed by atoms with E-state index in [1.807, 2.05) is 17.2 Å². The zero-order valence-corrected chi connectivity index (χ0v) is 16.7. The maximum absolute atomic E-state index is 12.7. The van der Waals surface area contributed by atoms with Gasteiger partial charge in [-0.3, -0.25) is 9.69 Å². The van der Waals surface area contributed by atoms with Crippen LogP contribution < -0.4 is 0 Å². The molecule has 0 unspecified atom stereocenters. The number of hydrogen-bond acceptors (Lipinski definition) is 4. The number of fused-ring (bicyclic) bond motifs is 1. The van der Waals surface area contributed by atoms with Crippen LogP contribution in [0.1, 0.15) is 28.4 Å². The molecule has 4 rings (SSSR count). The van der Waals surface area contributed by atoms with E-state index in [0.29, 0.717) is 11.1 Å². The molecule has 1 aliphatic rings. The van der Waals surface area contributed by atoms with Gasteiger partial charge in [0.25, 0.3) is 5.91 Å². The van der Waals surface area contributed by atoms with Crippen molar-refractivity contribution in [2.24, 2.45) is 0 Å². The normalized spacial score (nSPS) is 14.8. The van der Waals surface area contributed by atoms with Gasteiger partial charge in [0.15, 0.2) is 0 Å². The molecule has 0 radical (unpaired) electrons. The number of aromatic nitrogens is 2. The molecule has 0 bridgehead atoms. The quantitative estimate of drug-likeness (QED) is 0.675. The maximum atomic E-state index is 12.7. The van der Waals surface area contributed by atoms with Crippen molar-refractivity contribution in [2.75, 3.05) is 32.7 Å². The summed E-state index contributed by atoms with van der Waals surface area (Å²) in [6, 6.07) is 13.1. The fraction of sp³-hybridized carbons (Fsp3) is 0.348. The molecule has 0 saturated carbocycles. The first-order valence-electron chi connectivity index (χ1n) is 10.1. The van der Waals surface area contributed by atoms with Crippen molar-refractivity contribution in [1.29, 1.82) is 5.26 Å². The Morgan fingerprint density at radius 2 is 1.90 bits per heavy atom. The number of piperazine rings is 1. The number of amides is 1. The minimum absolute atomic E-state index is 0.0474. The van der Waals surface area contributed by atoms with Crippen LogP contribution in [-0.2, 0) is 13.0 Å². The number of benzene rings is 1. The van der Waals surface area contributed by atoms with Crippen molar-refractivity contribution < 1.29 is 4.79 Å². The number of hydrogen-bond donors (Lipinski definition) is 0. The summed E-state index contributed by atoms with van der Waals surface area (Å²) < 4.78 is 2.21. The molecule has 3 aromatic rings. The van der Waals surface area contributed by atoms with Crippen LogP contribution in [-0.4, -0.2) is 58.0 Å². The third kappa shape index (κ3) is 4.01. The second-order valence-electron chi connectivity index (χ2n) is 7.39. The summed E-state index contributed by atoms with van der Waals surface area (Å²) in [5, 5.41) is 10.1. The molecule has 1 saturated heterocycles. The van der Waals surface area contributed by atoms with Gasteiger partial charge in [-0.15, -0.1) is 0 Å². The molecule has 1 aromatic carbocycles. The van der Waals surface area contributed by atoms with Gasteiger partial charge in [-0.2, -0.15) is 5.26 Å². The molecule has 0 aliphatic carbocycles. The molecule has 1 amide bonds. The van der Waals surface area contributed by atoms with Crippen molar-refractivity contribution in [3.05, 3.63) is 65.5 Å². The molecule has 1 fully saturated rings. The number of pyridine rings is 1. The fourth-order valence-electron chi connectivity index (χ4n) is 3.96. The highest BCUT2D eigenvalue weighted by Crippen LogP contribution is 2.20. The first kappa shape index (κ1) is 19.2. The van der Waals surface area contributed by atoms with E-state index in [4.69, 9.17) is 5.26 Å². The summed E-state index contributed by atoms with van der Waals surface area (Å²) in [6.45, 7) is 7.27. The molecular formula is C23H25N5O. The molecule has 2 aromatic heterocycles. The smallest absolute Gasteiger partial charge is 0.253 e. The lowest BCUT2D eigenvalue weighted by Gasteiger charge is -2.34. The number of carbonyl (C=O) groups excluding carboxylic acids is 1. The van der Waals surface area contributed by atoms with E-state index < -0.39 is 0 Å². The van der Waals surface area contributed by atoms with Crippen LogP contribution in [0, 0.1) is 11.3 Å². The highest BCUT2D eigenvalue weighted by molar-refractivity contribution is 5.94. The Morgan fingerprint density at radius 1 is 1.14 bits per heavy atom. The second kappa shape index (κ2) is 8.46. The van der Waals surface area contributed by atoms with E-state index in [1.54, 1.807) is 24.3 Å². The Bertz CT molecular complexity index is 1040. The molecule has 0 atom stereocenters. The van der Waals surface area contributed by atoms with Crippen LogP contribution in [0.15, 0.2) is 48.8 Å². The highest BCUT2D eigenvalue weighted by atomic mass is 16.2. The largest absolute Gasteiger partial charge is 0.336 e. The van der Waals surface area contributed by atoms with Crippen molar-refractivity contribution in [3.8, 4) is 6.07 Å². The summed E-state index contributed by atoms with van der Waals surface area (Å²) in [7, 11) is 0. The first-order valence-corrected chi connectivity index (χ1v) is 10.1. The van der Waals surface area contributed by atoms with E-state index >= 15 is 0 Å². The van der Waals surface area contributed by atoms with Crippen molar-refractivity contribution in [3.63, 3.8) is 0 Å². The summed E-state index contributed by atoms with van der Waals surface area (Å²) >= 11 is 0. The number of rotatable bonds is 5. The zero-order chi connectivity index (χ0) is 20.2. The van der Waals surface area contributed by atoms with Gasteiger partial charge in [0.2, 0.25) is 0 Å². The fourth-order valence-corrected chi connectivity index (χ4v) is 3.96. The van der Waals surface area contributed by atoms with Crippen LogP contribution in [0.5, 0.6) is 0 Å². The van der Waals surface area contributed by atoms with Gasteiger partial charge in [0.1, 0.15) is 5.65 Å². The Morgan fingerprint density at radius 3 is 2.59 bits per heavy atom. The molecule has 6 heteroatoms. The summed E-state index contributed by atoms with van der Waals surface area (Å²) in [4.78, 5) is 21.5. The third-order valence-electron chi connectivity index (χ3n) is 5.67. The van der Waals surface area contributed by atoms with Gasteiger partial charge < -0.3 is 9.47 Å². The molecule has 29 heavy (non-hydrogen) atoms. The summed E-state index contributed by atoms with van der Waals surface area (Å²) in [5.41, 5.74) is 3.62. The zero-order valence-electron chi connectivity index (χ0n) is 16.7. The Balaban J connectivity index is 1.33. The molecule has 0 N–H and O–H groups in total. The minimum atomic E-state index is 0.0474. The van der Waals surface area contributed by atoms with Gasteiger partial charge in [-0.1, -0.05) is 0 Å². The summed E-state index contributed by atoms with van der Waals surface area (Å²) in [6.07, 6.45) is 5.06. The standard InChI is InChI=1S/C23H25N5O/c1-2-27-17-20(21-4-3-10-25-22(21)27)9-11-26-12-14-28(15-13-26)23(29)19-7-5-18(16-24)6-8-19/h3-8,10,17H,2,9,11-15H2,1H3. The number of nitrogens with zero attached hydrogens (tertiary/aromatic N) is 5. The molecule has 6 nitrogen and oxygen atoms in total. The van der Waals surface area contributed by atoms with Crippen molar-refractivity contribution in [1.82, 2.24) is 19.4 Å². The monoisotopic (exact) mass is 387 g/mol.